The van der Waals surface area contributed by atoms with Crippen LogP contribution in [-0.4, -0.2) is 60.9 Å². The first-order valence-electron chi connectivity index (χ1n) is 10.2. The minimum absolute atomic E-state index is 0. The normalized spacial score (nSPS) is 18.5. The van der Waals surface area contributed by atoms with Crippen molar-refractivity contribution in [2.45, 2.75) is 39.0 Å². The zero-order chi connectivity index (χ0) is 19.2. The molecule has 0 spiro atoms. The van der Waals surface area contributed by atoms with Gasteiger partial charge >= 0.3 is 0 Å². The molecule has 1 aromatic rings. The average Bonchev–Trinajstić information content (AvgIpc) is 2.61. The van der Waals surface area contributed by atoms with Crippen molar-refractivity contribution in [3.8, 4) is 0 Å². The molecule has 1 aliphatic heterocycles. The van der Waals surface area contributed by atoms with Crippen molar-refractivity contribution in [3.05, 3.63) is 29.8 Å². The number of carbonyl (C=O) groups is 1. The van der Waals surface area contributed by atoms with Gasteiger partial charge in [-0.05, 0) is 36.5 Å². The Kier molecular flexibility index (Phi) is 9.01. The molecule has 1 saturated carbocycles. The number of aliphatic imine (C=N–C) groups is 1. The number of nitrogens with one attached hydrogen (secondary N) is 1. The molecule has 2 fully saturated rings. The third kappa shape index (κ3) is 6.34. The van der Waals surface area contributed by atoms with Crippen LogP contribution in [0.2, 0.25) is 0 Å². The molecule has 1 aliphatic carbocycles. The molecule has 0 aromatic heterocycles. The number of nitrogens with two attached hydrogens (primary N) is 1. The number of guanidine groups is 1. The summed E-state index contributed by atoms with van der Waals surface area (Å²) in [5, 5.41) is 3.18. The summed E-state index contributed by atoms with van der Waals surface area (Å²) in [5.41, 5.74) is 8.29. The smallest absolute Gasteiger partial charge is 0.225 e. The van der Waals surface area contributed by atoms with E-state index in [1.54, 1.807) is 0 Å². The quantitative estimate of drug-likeness (QED) is 0.359. The van der Waals surface area contributed by atoms with Crippen LogP contribution in [0.25, 0.3) is 0 Å². The lowest BCUT2D eigenvalue weighted by Crippen LogP contribution is -2.51. The number of anilines is 1. The minimum Gasteiger partial charge on any atom is -0.370 e. The van der Waals surface area contributed by atoms with Crippen LogP contribution in [-0.2, 0) is 4.79 Å². The van der Waals surface area contributed by atoms with E-state index in [0.29, 0.717) is 30.2 Å². The lowest BCUT2D eigenvalue weighted by Gasteiger charge is -2.38. The second kappa shape index (κ2) is 11.0. The number of carbonyl (C=O) groups excluding carboxylic acids is 1. The number of hydrogen-bond acceptors (Lipinski definition) is 3. The van der Waals surface area contributed by atoms with Crippen LogP contribution in [0.3, 0.4) is 0 Å². The van der Waals surface area contributed by atoms with Gasteiger partial charge in [0.25, 0.3) is 0 Å². The Morgan fingerprint density at radius 2 is 1.96 bits per heavy atom. The maximum absolute atomic E-state index is 12.3. The summed E-state index contributed by atoms with van der Waals surface area (Å²) < 4.78 is 0. The van der Waals surface area contributed by atoms with Crippen molar-refractivity contribution in [2.24, 2.45) is 16.6 Å². The fraction of sp³-hybridized carbons (Fsp3) is 0.619. The molecule has 0 radical (unpaired) electrons. The molecule has 7 heteroatoms. The first kappa shape index (κ1) is 22.9. The van der Waals surface area contributed by atoms with Gasteiger partial charge < -0.3 is 16.0 Å². The van der Waals surface area contributed by atoms with Gasteiger partial charge in [0.15, 0.2) is 5.96 Å². The van der Waals surface area contributed by atoms with Crippen LogP contribution < -0.4 is 11.1 Å². The van der Waals surface area contributed by atoms with Gasteiger partial charge in [0, 0.05) is 44.3 Å². The number of halogens is 1. The second-order valence-corrected chi connectivity index (χ2v) is 7.97. The highest BCUT2D eigenvalue weighted by atomic mass is 127. The third-order valence-corrected chi connectivity index (χ3v) is 5.66. The van der Waals surface area contributed by atoms with Crippen LogP contribution in [0, 0.1) is 5.92 Å². The lowest BCUT2D eigenvalue weighted by molar-refractivity contribution is -0.139. The Labute approximate surface area is 186 Å². The van der Waals surface area contributed by atoms with Crippen LogP contribution in [0.1, 0.15) is 44.6 Å². The van der Waals surface area contributed by atoms with Crippen molar-refractivity contribution in [3.63, 3.8) is 0 Å². The van der Waals surface area contributed by atoms with E-state index in [1.165, 1.54) is 12.0 Å². The van der Waals surface area contributed by atoms with Gasteiger partial charge in [-0.2, -0.15) is 0 Å². The molecule has 3 N–H and O–H groups in total. The van der Waals surface area contributed by atoms with Crippen molar-refractivity contribution in [2.75, 3.05) is 44.6 Å². The Hall–Kier alpha value is -1.35. The molecule has 6 nitrogen and oxygen atoms in total. The van der Waals surface area contributed by atoms with Crippen molar-refractivity contribution in [1.29, 1.82) is 0 Å². The summed E-state index contributed by atoms with van der Waals surface area (Å²) in [6, 6.07) is 8.28. The Morgan fingerprint density at radius 3 is 2.57 bits per heavy atom. The number of rotatable bonds is 6. The molecule has 1 aromatic carbocycles. The lowest BCUT2D eigenvalue weighted by atomic mass is 9.84. The second-order valence-electron chi connectivity index (χ2n) is 7.97. The summed E-state index contributed by atoms with van der Waals surface area (Å²) in [6.45, 7) is 9.43. The van der Waals surface area contributed by atoms with Gasteiger partial charge in [-0.15, -0.1) is 24.0 Å². The van der Waals surface area contributed by atoms with Crippen LogP contribution >= 0.6 is 24.0 Å². The van der Waals surface area contributed by atoms with Crippen LogP contribution in [0.15, 0.2) is 29.3 Å². The maximum Gasteiger partial charge on any atom is 0.225 e. The summed E-state index contributed by atoms with van der Waals surface area (Å²) in [5.74, 6) is 1.62. The number of amides is 1. The fourth-order valence-electron chi connectivity index (χ4n) is 3.58. The predicted octanol–water partition coefficient (Wildman–Crippen LogP) is 3.10. The molecule has 0 bridgehead atoms. The van der Waals surface area contributed by atoms with E-state index >= 15 is 0 Å². The average molecular weight is 499 g/mol. The molecular weight excluding hydrogens is 465 g/mol. The highest BCUT2D eigenvalue weighted by Gasteiger charge is 2.30. The van der Waals surface area contributed by atoms with E-state index in [0.717, 1.165) is 51.3 Å². The van der Waals surface area contributed by atoms with Crippen molar-refractivity contribution < 1.29 is 4.79 Å². The highest BCUT2D eigenvalue weighted by Crippen LogP contribution is 2.28. The summed E-state index contributed by atoms with van der Waals surface area (Å²) in [7, 11) is 0. The first-order valence-corrected chi connectivity index (χ1v) is 10.2. The zero-order valence-electron chi connectivity index (χ0n) is 17.1. The van der Waals surface area contributed by atoms with Gasteiger partial charge in [-0.3, -0.25) is 14.7 Å². The van der Waals surface area contributed by atoms with E-state index < -0.39 is 0 Å². The third-order valence-electron chi connectivity index (χ3n) is 5.66. The Bertz CT molecular complexity index is 667. The van der Waals surface area contributed by atoms with Gasteiger partial charge in [-0.1, -0.05) is 32.4 Å². The SMILES string of the molecule is CC(C)c1cccc(NC(N)=NCCN2CCN(C(=O)C3CCC3)CC2)c1.I. The topological polar surface area (TPSA) is 74.0 Å². The maximum atomic E-state index is 12.3. The van der Waals surface area contributed by atoms with Gasteiger partial charge in [-0.25, -0.2) is 0 Å². The molecule has 0 unspecified atom stereocenters. The molecule has 28 heavy (non-hydrogen) atoms. The van der Waals surface area contributed by atoms with E-state index in [9.17, 15) is 4.79 Å². The zero-order valence-corrected chi connectivity index (χ0v) is 19.4. The summed E-state index contributed by atoms with van der Waals surface area (Å²) >= 11 is 0. The standard InChI is InChI=1S/C21H33N5O.HI/c1-16(2)18-7-4-8-19(15-18)24-21(22)23-9-10-25-11-13-26(14-12-25)20(27)17-5-3-6-17;/h4,7-8,15-17H,3,5-6,9-14H2,1-2H3,(H3,22,23,24);1H. The van der Waals surface area contributed by atoms with E-state index in [1.807, 2.05) is 17.0 Å². The Balaban J connectivity index is 0.00000280. The Morgan fingerprint density at radius 1 is 1.25 bits per heavy atom. The summed E-state index contributed by atoms with van der Waals surface area (Å²) in [6.07, 6.45) is 3.38. The molecule has 1 heterocycles. The van der Waals surface area contributed by atoms with Crippen molar-refractivity contribution >= 4 is 41.5 Å². The molecule has 1 amide bonds. The minimum atomic E-state index is 0. The largest absolute Gasteiger partial charge is 0.370 e. The molecule has 0 atom stereocenters. The van der Waals surface area contributed by atoms with Crippen LogP contribution in [0.5, 0.6) is 0 Å². The molecule has 2 aliphatic rings. The van der Waals surface area contributed by atoms with Crippen molar-refractivity contribution in [1.82, 2.24) is 9.80 Å². The summed E-state index contributed by atoms with van der Waals surface area (Å²) in [4.78, 5) is 21.1. The molecule has 3 rings (SSSR count). The van der Waals surface area contributed by atoms with Gasteiger partial charge in [0.1, 0.15) is 0 Å². The number of nitrogens with zero attached hydrogens (tertiary/aromatic N) is 3. The first-order chi connectivity index (χ1) is 13.0. The van der Waals surface area contributed by atoms with E-state index in [4.69, 9.17) is 5.73 Å². The van der Waals surface area contributed by atoms with Crippen LogP contribution in [0.4, 0.5) is 5.69 Å². The number of benzene rings is 1. The molecule has 1 saturated heterocycles. The van der Waals surface area contributed by atoms with Gasteiger partial charge in [0.05, 0.1) is 6.54 Å². The number of hydrogen-bond donors (Lipinski definition) is 2. The van der Waals surface area contributed by atoms with E-state index in [2.05, 4.69) is 41.2 Å². The predicted molar refractivity (Wildman–Crippen MR) is 126 cm³/mol. The van der Waals surface area contributed by atoms with E-state index in [-0.39, 0.29) is 24.0 Å². The number of piperazine rings is 1. The molecular formula is C21H34IN5O. The molecule has 156 valence electrons. The highest BCUT2D eigenvalue weighted by molar-refractivity contribution is 14.0. The monoisotopic (exact) mass is 499 g/mol. The fourth-order valence-corrected chi connectivity index (χ4v) is 3.58. The van der Waals surface area contributed by atoms with Gasteiger partial charge in [0.2, 0.25) is 5.91 Å².